The van der Waals surface area contributed by atoms with E-state index in [0.29, 0.717) is 13.0 Å². The van der Waals surface area contributed by atoms with Crippen molar-refractivity contribution in [2.75, 3.05) is 33.0 Å². The van der Waals surface area contributed by atoms with E-state index in [9.17, 15) is 14.3 Å². The fourth-order valence-electron chi connectivity index (χ4n) is 5.65. The summed E-state index contributed by atoms with van der Waals surface area (Å²) < 4.78 is 33.3. The highest BCUT2D eigenvalue weighted by Gasteiger charge is 2.25. The van der Waals surface area contributed by atoms with Crippen LogP contribution in [0.4, 0.5) is 0 Å². The highest BCUT2D eigenvalue weighted by atomic mass is 31.2. The van der Waals surface area contributed by atoms with Crippen LogP contribution < -0.4 is 5.73 Å². The molecule has 0 aliphatic carbocycles. The van der Waals surface area contributed by atoms with Crippen LogP contribution in [-0.2, 0) is 27.9 Å². The van der Waals surface area contributed by atoms with Crippen LogP contribution in [-0.4, -0.2) is 49.9 Å². The second-order valence-corrected chi connectivity index (χ2v) is 15.3. The van der Waals surface area contributed by atoms with Gasteiger partial charge in [-0.25, -0.2) is 4.57 Å². The van der Waals surface area contributed by atoms with Crippen LogP contribution in [0, 0.1) is 0 Å². The highest BCUT2D eigenvalue weighted by molar-refractivity contribution is 7.47. The number of unbranched alkanes of at least 4 members (excludes halogenated alkanes) is 19. The SMILES string of the molecule is CCCCCCCCC=CCC=CCC=CCC=CCCC(=O)OC(COCCCCCCCCCCCCCCCC)COP(=O)(O)OCCN. The van der Waals surface area contributed by atoms with Crippen LogP contribution in [0.2, 0.25) is 0 Å². The average Bonchev–Trinajstić information content (AvgIpc) is 3.13. The molecule has 304 valence electrons. The molecule has 3 N–H and O–H groups in total. The van der Waals surface area contributed by atoms with Gasteiger partial charge in [-0.2, -0.15) is 0 Å². The van der Waals surface area contributed by atoms with E-state index in [0.717, 1.165) is 32.1 Å². The number of rotatable bonds is 40. The Bertz CT molecular complexity index is 936. The van der Waals surface area contributed by atoms with Gasteiger partial charge in [0.05, 0.1) is 19.8 Å². The van der Waals surface area contributed by atoms with Crippen LogP contribution in [0.15, 0.2) is 48.6 Å². The Morgan fingerprint density at radius 1 is 0.577 bits per heavy atom. The first kappa shape index (κ1) is 50.5. The summed E-state index contributed by atoms with van der Waals surface area (Å²) in [7, 11) is -4.29. The number of carbonyl (C=O) groups excluding carboxylic acids is 1. The van der Waals surface area contributed by atoms with Crippen molar-refractivity contribution in [1.82, 2.24) is 0 Å². The molecule has 9 heteroatoms. The molecule has 0 aliphatic rings. The molecule has 2 atom stereocenters. The van der Waals surface area contributed by atoms with Crippen LogP contribution in [0.25, 0.3) is 0 Å². The monoisotopic (exact) mass is 754 g/mol. The van der Waals surface area contributed by atoms with Crippen molar-refractivity contribution in [1.29, 1.82) is 0 Å². The molecule has 0 aromatic carbocycles. The average molecular weight is 754 g/mol. The maximum atomic E-state index is 12.5. The van der Waals surface area contributed by atoms with Gasteiger partial charge in [0.25, 0.3) is 0 Å². The van der Waals surface area contributed by atoms with Crippen molar-refractivity contribution in [3.63, 3.8) is 0 Å². The molecular formula is C43H80NO7P. The summed E-state index contributed by atoms with van der Waals surface area (Å²) in [6.07, 6.45) is 47.1. The number of phosphoric acid groups is 1. The minimum atomic E-state index is -4.29. The Balaban J connectivity index is 4.17. The van der Waals surface area contributed by atoms with E-state index in [1.165, 1.54) is 122 Å². The molecule has 0 saturated heterocycles. The third-order valence-electron chi connectivity index (χ3n) is 8.76. The van der Waals surface area contributed by atoms with Gasteiger partial charge in [-0.3, -0.25) is 13.8 Å². The zero-order chi connectivity index (χ0) is 38.1. The highest BCUT2D eigenvalue weighted by Crippen LogP contribution is 2.43. The van der Waals surface area contributed by atoms with E-state index >= 15 is 0 Å². The molecule has 2 unspecified atom stereocenters. The second kappa shape index (κ2) is 40.6. The molecule has 8 nitrogen and oxygen atoms in total. The van der Waals surface area contributed by atoms with Gasteiger partial charge in [-0.05, 0) is 44.9 Å². The van der Waals surface area contributed by atoms with Crippen molar-refractivity contribution in [2.24, 2.45) is 5.73 Å². The fourth-order valence-corrected chi connectivity index (χ4v) is 6.41. The van der Waals surface area contributed by atoms with E-state index in [1.807, 2.05) is 12.2 Å². The predicted octanol–water partition coefficient (Wildman–Crippen LogP) is 12.4. The van der Waals surface area contributed by atoms with Gasteiger partial charge in [-0.1, -0.05) is 178 Å². The lowest BCUT2D eigenvalue weighted by Gasteiger charge is -2.20. The molecule has 52 heavy (non-hydrogen) atoms. The van der Waals surface area contributed by atoms with Crippen LogP contribution in [0.5, 0.6) is 0 Å². The first-order chi connectivity index (χ1) is 25.4. The third kappa shape index (κ3) is 39.7. The third-order valence-corrected chi connectivity index (χ3v) is 9.75. The summed E-state index contributed by atoms with van der Waals surface area (Å²) in [5.74, 6) is -0.407. The molecule has 0 aliphatic heterocycles. The maximum absolute atomic E-state index is 12.5. The van der Waals surface area contributed by atoms with Crippen LogP contribution in [0.3, 0.4) is 0 Å². The molecule has 0 rings (SSSR count). The van der Waals surface area contributed by atoms with E-state index in [-0.39, 0.29) is 32.8 Å². The summed E-state index contributed by atoms with van der Waals surface area (Å²) >= 11 is 0. The molecular weight excluding hydrogens is 673 g/mol. The van der Waals surface area contributed by atoms with E-state index in [2.05, 4.69) is 50.3 Å². The summed E-state index contributed by atoms with van der Waals surface area (Å²) in [5.41, 5.74) is 5.36. The molecule has 0 aromatic heterocycles. The van der Waals surface area contributed by atoms with Crippen LogP contribution >= 0.6 is 7.82 Å². The Kier molecular flexibility index (Phi) is 39.4. The van der Waals surface area contributed by atoms with Gasteiger partial charge in [-0.15, -0.1) is 0 Å². The van der Waals surface area contributed by atoms with Crippen molar-refractivity contribution >= 4 is 13.8 Å². The summed E-state index contributed by atoms with van der Waals surface area (Å²) in [6, 6.07) is 0. The lowest BCUT2D eigenvalue weighted by atomic mass is 10.0. The minimum Gasteiger partial charge on any atom is -0.457 e. The number of hydrogen-bond acceptors (Lipinski definition) is 7. The van der Waals surface area contributed by atoms with Crippen molar-refractivity contribution in [3.8, 4) is 0 Å². The van der Waals surface area contributed by atoms with Crippen LogP contribution in [0.1, 0.15) is 181 Å². The minimum absolute atomic E-state index is 0.0889. The quantitative estimate of drug-likeness (QED) is 0.0275. The summed E-state index contributed by atoms with van der Waals surface area (Å²) in [5, 5.41) is 0. The second-order valence-electron chi connectivity index (χ2n) is 13.9. The lowest BCUT2D eigenvalue weighted by molar-refractivity contribution is -0.154. The van der Waals surface area contributed by atoms with Gasteiger partial charge >= 0.3 is 13.8 Å². The fraction of sp³-hybridized carbons (Fsp3) is 0.791. The number of carbonyl (C=O) groups is 1. The molecule has 0 spiro atoms. The Morgan fingerprint density at radius 3 is 1.52 bits per heavy atom. The molecule has 0 fully saturated rings. The normalized spacial score (nSPS) is 14.0. The Labute approximate surface area is 320 Å². The number of allylic oxidation sites excluding steroid dienone is 8. The zero-order valence-electron chi connectivity index (χ0n) is 33.5. The maximum Gasteiger partial charge on any atom is 0.472 e. The van der Waals surface area contributed by atoms with Crippen molar-refractivity contribution < 1.29 is 32.8 Å². The summed E-state index contributed by atoms with van der Waals surface area (Å²) in [6.45, 7) is 4.83. The van der Waals surface area contributed by atoms with Crippen molar-refractivity contribution in [2.45, 2.75) is 187 Å². The number of phosphoric ester groups is 1. The predicted molar refractivity (Wildman–Crippen MR) is 219 cm³/mol. The standard InChI is InChI=1S/C43H80NO7P/c1-3-5-7-9-11-13-15-17-19-20-21-22-23-24-26-28-30-32-34-36-43(45)51-42(41-50-52(46,47)49-39-37-44)40-48-38-35-33-31-29-27-25-18-16-14-12-10-8-6-4-2/h17,19,21-22,24,26,30,32,42H,3-16,18,20,23,25,27-29,31,33-41,44H2,1-2H3,(H,46,47). The molecule has 0 saturated carbocycles. The Hall–Kier alpha value is -1.54. The Morgan fingerprint density at radius 2 is 1.02 bits per heavy atom. The van der Waals surface area contributed by atoms with Crippen molar-refractivity contribution in [3.05, 3.63) is 48.6 Å². The topological polar surface area (TPSA) is 117 Å². The summed E-state index contributed by atoms with van der Waals surface area (Å²) in [4.78, 5) is 22.4. The number of ether oxygens (including phenoxy) is 2. The smallest absolute Gasteiger partial charge is 0.457 e. The molecule has 0 amide bonds. The largest absolute Gasteiger partial charge is 0.472 e. The zero-order valence-corrected chi connectivity index (χ0v) is 34.4. The van der Waals surface area contributed by atoms with Gasteiger partial charge in [0.2, 0.25) is 0 Å². The first-order valence-electron chi connectivity index (χ1n) is 21.1. The van der Waals surface area contributed by atoms with E-state index in [1.54, 1.807) is 0 Å². The number of esters is 1. The van der Waals surface area contributed by atoms with Gasteiger partial charge in [0, 0.05) is 19.6 Å². The molecule has 0 bridgehead atoms. The molecule has 0 radical (unpaired) electrons. The van der Waals surface area contributed by atoms with Gasteiger partial charge in [0.1, 0.15) is 6.10 Å². The van der Waals surface area contributed by atoms with Gasteiger partial charge in [0.15, 0.2) is 0 Å². The van der Waals surface area contributed by atoms with E-state index < -0.39 is 19.9 Å². The molecule has 0 aromatic rings. The number of hydrogen-bond donors (Lipinski definition) is 2. The van der Waals surface area contributed by atoms with E-state index in [4.69, 9.17) is 24.3 Å². The molecule has 0 heterocycles. The lowest BCUT2D eigenvalue weighted by Crippen LogP contribution is -2.28. The number of nitrogens with two attached hydrogens (primary N) is 1. The van der Waals surface area contributed by atoms with Gasteiger partial charge < -0.3 is 20.1 Å². The first-order valence-corrected chi connectivity index (χ1v) is 22.6.